The second-order valence-corrected chi connectivity index (χ2v) is 5.72. The number of carbonyl (C=O) groups is 2. The van der Waals surface area contributed by atoms with E-state index in [1.54, 1.807) is 0 Å². The van der Waals surface area contributed by atoms with Crippen molar-refractivity contribution in [1.82, 2.24) is 4.31 Å². The van der Waals surface area contributed by atoms with Crippen LogP contribution in [0.5, 0.6) is 0 Å². The molecule has 8 heteroatoms. The van der Waals surface area contributed by atoms with Crippen LogP contribution in [0.25, 0.3) is 0 Å². The molecule has 0 radical (unpaired) electrons. The van der Waals surface area contributed by atoms with Crippen molar-refractivity contribution in [3.63, 3.8) is 0 Å². The molecule has 1 amide bonds. The highest BCUT2D eigenvalue weighted by Gasteiger charge is 2.32. The summed E-state index contributed by atoms with van der Waals surface area (Å²) in [5.41, 5.74) is 5.10. The summed E-state index contributed by atoms with van der Waals surface area (Å²) in [6.45, 7) is 0.240. The fourth-order valence-electron chi connectivity index (χ4n) is 1.67. The molecule has 0 aromatic rings. The van der Waals surface area contributed by atoms with Gasteiger partial charge in [-0.25, -0.2) is 12.7 Å². The Kier molecular flexibility index (Phi) is 3.87. The molecule has 1 rings (SSSR count). The van der Waals surface area contributed by atoms with Crippen LogP contribution in [-0.2, 0) is 19.6 Å². The zero-order valence-corrected chi connectivity index (χ0v) is 9.44. The molecule has 1 heterocycles. The first-order valence-corrected chi connectivity index (χ1v) is 6.43. The molecule has 16 heavy (non-hydrogen) atoms. The Morgan fingerprint density at radius 3 is 2.56 bits per heavy atom. The van der Waals surface area contributed by atoms with Crippen LogP contribution >= 0.6 is 0 Å². The lowest BCUT2D eigenvalue weighted by Gasteiger charge is -2.29. The molecule has 0 aromatic heterocycles. The van der Waals surface area contributed by atoms with Gasteiger partial charge in [0.05, 0.1) is 5.92 Å². The van der Waals surface area contributed by atoms with Gasteiger partial charge in [-0.2, -0.15) is 0 Å². The molecule has 0 aromatic carbocycles. The number of carboxylic acid groups (broad SMARTS) is 1. The van der Waals surface area contributed by atoms with Crippen LogP contribution in [0.2, 0.25) is 0 Å². The van der Waals surface area contributed by atoms with Crippen LogP contribution in [0.4, 0.5) is 0 Å². The Morgan fingerprint density at radius 1 is 1.44 bits per heavy atom. The van der Waals surface area contributed by atoms with Gasteiger partial charge in [0.1, 0.15) is 0 Å². The van der Waals surface area contributed by atoms with Gasteiger partial charge in [0.15, 0.2) is 5.75 Å². The summed E-state index contributed by atoms with van der Waals surface area (Å²) in [5, 5.41) is 8.46. The quantitative estimate of drug-likeness (QED) is 0.636. The summed E-state index contributed by atoms with van der Waals surface area (Å²) in [4.78, 5) is 21.3. The highest BCUT2D eigenvalue weighted by atomic mass is 32.2. The minimum Gasteiger partial charge on any atom is -0.480 e. The number of rotatable bonds is 4. The van der Waals surface area contributed by atoms with E-state index in [1.807, 2.05) is 0 Å². The van der Waals surface area contributed by atoms with E-state index in [-0.39, 0.29) is 13.1 Å². The fraction of sp³-hybridized carbons (Fsp3) is 0.750. The number of hydrogen-bond donors (Lipinski definition) is 2. The molecule has 1 unspecified atom stereocenters. The maximum atomic E-state index is 11.6. The first-order chi connectivity index (χ1) is 7.33. The van der Waals surface area contributed by atoms with E-state index in [2.05, 4.69) is 0 Å². The molecule has 1 atom stereocenters. The molecule has 92 valence electrons. The smallest absolute Gasteiger partial charge is 0.320 e. The molecule has 1 aliphatic rings. The molecular formula is C8H14N2O5S. The van der Waals surface area contributed by atoms with E-state index in [0.29, 0.717) is 12.8 Å². The summed E-state index contributed by atoms with van der Waals surface area (Å²) < 4.78 is 24.1. The van der Waals surface area contributed by atoms with Crippen LogP contribution in [0.3, 0.4) is 0 Å². The number of primary amides is 1. The maximum absolute atomic E-state index is 11.6. The number of nitrogens with two attached hydrogens (primary N) is 1. The van der Waals surface area contributed by atoms with E-state index in [4.69, 9.17) is 10.8 Å². The lowest BCUT2D eigenvalue weighted by molar-refractivity contribution is -0.134. The summed E-state index contributed by atoms with van der Waals surface area (Å²) in [7, 11) is -3.82. The van der Waals surface area contributed by atoms with Crippen molar-refractivity contribution in [2.24, 2.45) is 11.7 Å². The molecule has 0 spiro atoms. The van der Waals surface area contributed by atoms with Crippen molar-refractivity contribution in [2.75, 3.05) is 18.8 Å². The predicted molar refractivity (Wildman–Crippen MR) is 54.9 cm³/mol. The third kappa shape index (κ3) is 3.17. The number of amides is 1. The van der Waals surface area contributed by atoms with Gasteiger partial charge in [0.25, 0.3) is 0 Å². The molecule has 1 fully saturated rings. The number of hydrogen-bond acceptors (Lipinski definition) is 4. The average Bonchev–Trinajstić information content (AvgIpc) is 2.16. The van der Waals surface area contributed by atoms with Crippen LogP contribution in [0, 0.1) is 5.92 Å². The summed E-state index contributed by atoms with van der Waals surface area (Å²) in [6.07, 6.45) is 1.07. The topological polar surface area (TPSA) is 118 Å². The largest absolute Gasteiger partial charge is 0.480 e. The van der Waals surface area contributed by atoms with Gasteiger partial charge >= 0.3 is 5.97 Å². The molecular weight excluding hydrogens is 236 g/mol. The second-order valence-electron chi connectivity index (χ2n) is 3.75. The second kappa shape index (κ2) is 4.79. The maximum Gasteiger partial charge on any atom is 0.320 e. The molecule has 0 saturated carbocycles. The van der Waals surface area contributed by atoms with Crippen LogP contribution in [0.15, 0.2) is 0 Å². The minimum absolute atomic E-state index is 0.00898. The fourth-order valence-corrected chi connectivity index (χ4v) is 2.98. The van der Waals surface area contributed by atoms with Gasteiger partial charge in [-0.1, -0.05) is 0 Å². The Morgan fingerprint density at radius 2 is 2.06 bits per heavy atom. The monoisotopic (exact) mass is 250 g/mol. The summed E-state index contributed by atoms with van der Waals surface area (Å²) in [5.74, 6) is -3.41. The first-order valence-electron chi connectivity index (χ1n) is 4.82. The highest BCUT2D eigenvalue weighted by molar-refractivity contribution is 7.89. The summed E-state index contributed by atoms with van der Waals surface area (Å²) >= 11 is 0. The van der Waals surface area contributed by atoms with Crippen LogP contribution in [-0.4, -0.2) is 48.5 Å². The Bertz CT molecular complexity index is 391. The normalized spacial score (nSPS) is 22.9. The van der Waals surface area contributed by atoms with Gasteiger partial charge in [-0.15, -0.1) is 0 Å². The van der Waals surface area contributed by atoms with Crippen LogP contribution < -0.4 is 5.73 Å². The Balaban J connectivity index is 2.73. The number of piperidine rings is 1. The zero-order valence-electron chi connectivity index (χ0n) is 8.63. The third-order valence-electron chi connectivity index (χ3n) is 2.49. The molecule has 1 saturated heterocycles. The van der Waals surface area contributed by atoms with Gasteiger partial charge in [0.2, 0.25) is 15.9 Å². The Labute approximate surface area is 93.3 Å². The molecule has 0 bridgehead atoms. The van der Waals surface area contributed by atoms with E-state index in [9.17, 15) is 18.0 Å². The van der Waals surface area contributed by atoms with Crippen molar-refractivity contribution in [3.8, 4) is 0 Å². The van der Waals surface area contributed by atoms with Crippen molar-refractivity contribution in [1.29, 1.82) is 0 Å². The molecule has 0 aliphatic carbocycles. The molecule has 3 N–H and O–H groups in total. The standard InChI is InChI=1S/C8H14N2O5S/c9-8(13)6-2-1-3-10(4-6)16(14,15)5-7(11)12/h6H,1-5H2,(H2,9,13)(H,11,12). The van der Waals surface area contributed by atoms with E-state index < -0.39 is 33.6 Å². The third-order valence-corrected chi connectivity index (χ3v) is 4.22. The van der Waals surface area contributed by atoms with Crippen molar-refractivity contribution < 1.29 is 23.1 Å². The number of aliphatic carboxylic acids is 1. The molecule has 1 aliphatic heterocycles. The highest BCUT2D eigenvalue weighted by Crippen LogP contribution is 2.18. The Hall–Kier alpha value is -1.15. The predicted octanol–water partition coefficient (Wildman–Crippen LogP) is -1.40. The number of nitrogens with zero attached hydrogens (tertiary/aromatic N) is 1. The lowest BCUT2D eigenvalue weighted by atomic mass is 9.99. The first kappa shape index (κ1) is 12.9. The van der Waals surface area contributed by atoms with Crippen molar-refractivity contribution in [2.45, 2.75) is 12.8 Å². The van der Waals surface area contributed by atoms with E-state index in [1.165, 1.54) is 0 Å². The van der Waals surface area contributed by atoms with E-state index in [0.717, 1.165) is 4.31 Å². The van der Waals surface area contributed by atoms with Crippen molar-refractivity contribution >= 4 is 21.9 Å². The molecule has 7 nitrogen and oxygen atoms in total. The van der Waals surface area contributed by atoms with Gasteiger partial charge in [-0.05, 0) is 12.8 Å². The number of carbonyl (C=O) groups excluding carboxylic acids is 1. The van der Waals surface area contributed by atoms with Gasteiger partial charge in [-0.3, -0.25) is 9.59 Å². The van der Waals surface area contributed by atoms with E-state index >= 15 is 0 Å². The average molecular weight is 250 g/mol. The van der Waals surface area contributed by atoms with Gasteiger partial charge < -0.3 is 10.8 Å². The summed E-state index contributed by atoms with van der Waals surface area (Å²) in [6, 6.07) is 0. The number of carboxylic acids is 1. The van der Waals surface area contributed by atoms with Crippen LogP contribution in [0.1, 0.15) is 12.8 Å². The lowest BCUT2D eigenvalue weighted by Crippen LogP contribution is -2.45. The van der Waals surface area contributed by atoms with Crippen molar-refractivity contribution in [3.05, 3.63) is 0 Å². The zero-order chi connectivity index (χ0) is 12.3. The van der Waals surface area contributed by atoms with Gasteiger partial charge in [0, 0.05) is 13.1 Å². The number of sulfonamides is 1. The minimum atomic E-state index is -3.82. The SMILES string of the molecule is NC(=O)C1CCCN(S(=O)(=O)CC(=O)O)C1.